The number of aliphatic hydroxyl groups is 1. The molecule has 9 heteroatoms. The number of alkyl halides is 3. The van der Waals surface area contributed by atoms with Crippen molar-refractivity contribution >= 4 is 11.6 Å². The summed E-state index contributed by atoms with van der Waals surface area (Å²) in [4.78, 5) is 14.6. The fourth-order valence-corrected chi connectivity index (χ4v) is 1.87. The molecule has 108 valence electrons. The van der Waals surface area contributed by atoms with Crippen LogP contribution < -0.4 is 0 Å². The molecule has 0 amide bonds. The molecular weight excluding hydrogens is 279 g/mol. The standard InChI is InChI=1S/C11H10F3N3O3/c12-11(13,14)8-6(2-1-3-18)4-15-9-7(10(19)20)5-16-17(8)9/h4-5,18H,1-3H2,(H,19,20). The second-order valence-electron chi connectivity index (χ2n) is 4.06. The molecule has 6 nitrogen and oxygen atoms in total. The minimum absolute atomic E-state index is 0.0312. The van der Waals surface area contributed by atoms with Gasteiger partial charge in [-0.05, 0) is 12.8 Å². The van der Waals surface area contributed by atoms with Gasteiger partial charge in [0.05, 0.1) is 6.20 Å². The van der Waals surface area contributed by atoms with Gasteiger partial charge >= 0.3 is 12.1 Å². The molecule has 0 saturated heterocycles. The number of carboxylic acid groups (broad SMARTS) is 1. The maximum absolute atomic E-state index is 13.1. The number of rotatable bonds is 4. The van der Waals surface area contributed by atoms with Gasteiger partial charge in [-0.1, -0.05) is 0 Å². The summed E-state index contributed by atoms with van der Waals surface area (Å²) in [7, 11) is 0. The molecule has 0 saturated carbocycles. The van der Waals surface area contributed by atoms with E-state index >= 15 is 0 Å². The molecule has 0 unspecified atom stereocenters. The molecule has 0 bridgehead atoms. The van der Waals surface area contributed by atoms with Crippen molar-refractivity contribution in [3.8, 4) is 0 Å². The average Bonchev–Trinajstić information content (AvgIpc) is 2.77. The van der Waals surface area contributed by atoms with Crippen molar-refractivity contribution in [2.45, 2.75) is 19.0 Å². The SMILES string of the molecule is O=C(O)c1cnn2c(C(F)(F)F)c(CCCO)cnc12. The molecule has 0 aliphatic rings. The van der Waals surface area contributed by atoms with Gasteiger partial charge in [-0.2, -0.15) is 18.3 Å². The van der Waals surface area contributed by atoms with Crippen LogP contribution in [0.5, 0.6) is 0 Å². The summed E-state index contributed by atoms with van der Waals surface area (Å²) in [5.41, 5.74) is -1.97. The lowest BCUT2D eigenvalue weighted by atomic mass is 10.1. The maximum atomic E-state index is 13.1. The predicted octanol–water partition coefficient (Wildman–Crippen LogP) is 1.37. The number of hydrogen-bond donors (Lipinski definition) is 2. The molecule has 0 fully saturated rings. The van der Waals surface area contributed by atoms with Crippen LogP contribution in [0.2, 0.25) is 0 Å². The summed E-state index contributed by atoms with van der Waals surface area (Å²) in [5.74, 6) is -1.40. The average molecular weight is 289 g/mol. The van der Waals surface area contributed by atoms with Crippen molar-refractivity contribution in [3.05, 3.63) is 29.2 Å². The number of aryl methyl sites for hydroxylation is 1. The maximum Gasteiger partial charge on any atom is 0.433 e. The summed E-state index contributed by atoms with van der Waals surface area (Å²) in [6.07, 6.45) is -2.79. The summed E-state index contributed by atoms with van der Waals surface area (Å²) in [5, 5.41) is 21.0. The molecule has 0 radical (unpaired) electrons. The molecule has 0 aliphatic heterocycles. The van der Waals surface area contributed by atoms with Crippen molar-refractivity contribution in [2.75, 3.05) is 6.61 Å². The highest BCUT2D eigenvalue weighted by atomic mass is 19.4. The summed E-state index contributed by atoms with van der Waals surface area (Å²) >= 11 is 0. The second-order valence-corrected chi connectivity index (χ2v) is 4.06. The van der Waals surface area contributed by atoms with Gasteiger partial charge in [-0.3, -0.25) is 0 Å². The van der Waals surface area contributed by atoms with E-state index in [2.05, 4.69) is 10.1 Å². The quantitative estimate of drug-likeness (QED) is 0.887. The number of hydrogen-bond acceptors (Lipinski definition) is 4. The summed E-state index contributed by atoms with van der Waals surface area (Å²) in [6, 6.07) is 0. The van der Waals surface area contributed by atoms with E-state index in [-0.39, 0.29) is 30.7 Å². The molecular formula is C11H10F3N3O3. The first-order valence-corrected chi connectivity index (χ1v) is 5.63. The fraction of sp³-hybridized carbons (Fsp3) is 0.364. The van der Waals surface area contributed by atoms with Gasteiger partial charge < -0.3 is 10.2 Å². The smallest absolute Gasteiger partial charge is 0.433 e. The minimum Gasteiger partial charge on any atom is -0.477 e. The Morgan fingerprint density at radius 1 is 1.35 bits per heavy atom. The van der Waals surface area contributed by atoms with Gasteiger partial charge in [0.15, 0.2) is 11.3 Å². The molecule has 2 rings (SSSR count). The third kappa shape index (κ3) is 2.44. The van der Waals surface area contributed by atoms with Crippen molar-refractivity contribution in [1.29, 1.82) is 0 Å². The van der Waals surface area contributed by atoms with Gasteiger partial charge in [0.25, 0.3) is 0 Å². The zero-order chi connectivity index (χ0) is 14.9. The number of fused-ring (bicyclic) bond motifs is 1. The monoisotopic (exact) mass is 289 g/mol. The van der Waals surface area contributed by atoms with Gasteiger partial charge in [-0.25, -0.2) is 14.3 Å². The molecule has 0 spiro atoms. The molecule has 2 aromatic rings. The highest BCUT2D eigenvalue weighted by Crippen LogP contribution is 2.32. The van der Waals surface area contributed by atoms with Gasteiger partial charge in [0, 0.05) is 18.4 Å². The molecule has 2 N–H and O–H groups in total. The third-order valence-electron chi connectivity index (χ3n) is 2.71. The van der Waals surface area contributed by atoms with Crippen LogP contribution in [-0.4, -0.2) is 37.4 Å². The predicted molar refractivity (Wildman–Crippen MR) is 60.4 cm³/mol. The number of aliphatic hydroxyl groups excluding tert-OH is 1. The van der Waals surface area contributed by atoms with E-state index in [4.69, 9.17) is 10.2 Å². The van der Waals surface area contributed by atoms with E-state index in [9.17, 15) is 18.0 Å². The summed E-state index contributed by atoms with van der Waals surface area (Å²) in [6.45, 7) is -0.255. The highest BCUT2D eigenvalue weighted by Gasteiger charge is 2.37. The largest absolute Gasteiger partial charge is 0.477 e. The van der Waals surface area contributed by atoms with E-state index in [1.54, 1.807) is 0 Å². The highest BCUT2D eigenvalue weighted by molar-refractivity contribution is 5.94. The Balaban J connectivity index is 2.68. The lowest BCUT2D eigenvalue weighted by molar-refractivity contribution is -0.143. The molecule has 0 aromatic carbocycles. The first-order valence-electron chi connectivity index (χ1n) is 5.63. The normalized spacial score (nSPS) is 12.0. The van der Waals surface area contributed by atoms with Gasteiger partial charge in [0.1, 0.15) is 5.56 Å². The van der Waals surface area contributed by atoms with E-state index in [1.807, 2.05) is 0 Å². The van der Waals surface area contributed by atoms with E-state index in [1.165, 1.54) is 0 Å². The molecule has 2 heterocycles. The Kier molecular flexibility index (Phi) is 3.62. The van der Waals surface area contributed by atoms with Gasteiger partial charge in [-0.15, -0.1) is 0 Å². The first-order chi connectivity index (χ1) is 9.36. The molecule has 20 heavy (non-hydrogen) atoms. The van der Waals surface area contributed by atoms with Crippen molar-refractivity contribution in [1.82, 2.24) is 14.6 Å². The van der Waals surface area contributed by atoms with Crippen LogP contribution in [0.4, 0.5) is 13.2 Å². The Morgan fingerprint density at radius 3 is 2.60 bits per heavy atom. The van der Waals surface area contributed by atoms with E-state index in [0.717, 1.165) is 12.4 Å². The molecule has 0 aliphatic carbocycles. The number of aromatic carboxylic acids is 1. The zero-order valence-electron chi connectivity index (χ0n) is 10.1. The first kappa shape index (κ1) is 14.3. The Hall–Kier alpha value is -2.16. The van der Waals surface area contributed by atoms with Crippen LogP contribution in [-0.2, 0) is 12.6 Å². The Labute approximate surface area is 110 Å². The van der Waals surface area contributed by atoms with Crippen molar-refractivity contribution in [2.24, 2.45) is 0 Å². The number of nitrogens with zero attached hydrogens (tertiary/aromatic N) is 3. The topological polar surface area (TPSA) is 87.7 Å². The Bertz CT molecular complexity index is 651. The van der Waals surface area contributed by atoms with Crippen molar-refractivity contribution < 1.29 is 28.2 Å². The third-order valence-corrected chi connectivity index (χ3v) is 2.71. The molecule has 2 aromatic heterocycles. The fourth-order valence-electron chi connectivity index (χ4n) is 1.87. The van der Waals surface area contributed by atoms with Crippen molar-refractivity contribution in [3.63, 3.8) is 0 Å². The molecule has 0 atom stereocenters. The minimum atomic E-state index is -4.70. The Morgan fingerprint density at radius 2 is 2.05 bits per heavy atom. The van der Waals surface area contributed by atoms with Crippen LogP contribution in [0, 0.1) is 0 Å². The second kappa shape index (κ2) is 5.08. The van der Waals surface area contributed by atoms with E-state index in [0.29, 0.717) is 4.52 Å². The van der Waals surface area contributed by atoms with Gasteiger partial charge in [0.2, 0.25) is 0 Å². The lowest BCUT2D eigenvalue weighted by Gasteiger charge is -2.13. The van der Waals surface area contributed by atoms with Crippen LogP contribution in [0.25, 0.3) is 5.65 Å². The van der Waals surface area contributed by atoms with Crippen LogP contribution in [0.3, 0.4) is 0 Å². The zero-order valence-corrected chi connectivity index (χ0v) is 10.1. The number of carbonyl (C=O) groups is 1. The van der Waals surface area contributed by atoms with Crippen LogP contribution >= 0.6 is 0 Å². The van der Waals surface area contributed by atoms with Crippen LogP contribution in [0.1, 0.15) is 28.0 Å². The van der Waals surface area contributed by atoms with E-state index < -0.39 is 23.4 Å². The van der Waals surface area contributed by atoms with Crippen LogP contribution in [0.15, 0.2) is 12.4 Å². The number of halogens is 3. The lowest BCUT2D eigenvalue weighted by Crippen LogP contribution is -2.17. The number of aromatic nitrogens is 3. The number of carboxylic acids is 1. The summed E-state index contributed by atoms with van der Waals surface area (Å²) < 4.78 is 39.8.